The molecule has 0 unspecified atom stereocenters. The number of thioether (sulfide) groups is 1. The number of nitrogens with one attached hydrogen (secondary N) is 1. The number of amides is 2. The maximum atomic E-state index is 12.5. The number of likely N-dealkylation sites (tertiary alicyclic amines) is 1. The number of pyridine rings is 1. The van der Waals surface area contributed by atoms with E-state index in [0.29, 0.717) is 5.92 Å². The highest BCUT2D eigenvalue weighted by molar-refractivity contribution is 8.00. The number of carbonyl (C=O) groups excluding carboxylic acids is 1. The van der Waals surface area contributed by atoms with Gasteiger partial charge in [-0.1, -0.05) is 33.4 Å². The van der Waals surface area contributed by atoms with Gasteiger partial charge in [0.1, 0.15) is 0 Å². The first-order valence-electron chi connectivity index (χ1n) is 9.94. The van der Waals surface area contributed by atoms with Crippen molar-refractivity contribution < 1.29 is 4.79 Å². The van der Waals surface area contributed by atoms with Crippen molar-refractivity contribution >= 4 is 23.3 Å². The van der Waals surface area contributed by atoms with Gasteiger partial charge in [0, 0.05) is 40.8 Å². The Bertz CT molecular complexity index is 862. The summed E-state index contributed by atoms with van der Waals surface area (Å²) in [5.41, 5.74) is 1.91. The van der Waals surface area contributed by atoms with Gasteiger partial charge in [-0.05, 0) is 49.5 Å². The van der Waals surface area contributed by atoms with Crippen molar-refractivity contribution in [3.63, 3.8) is 0 Å². The predicted octanol–water partition coefficient (Wildman–Crippen LogP) is 5.11. The Morgan fingerprint density at radius 2 is 2.14 bits per heavy atom. The number of nitrogens with zero attached hydrogens (tertiary/aromatic N) is 3. The van der Waals surface area contributed by atoms with Gasteiger partial charge in [-0.2, -0.15) is 5.10 Å². The van der Waals surface area contributed by atoms with Crippen molar-refractivity contribution in [2.75, 3.05) is 13.1 Å². The number of fused-ring (bicyclic) bond motifs is 1. The average Bonchev–Trinajstić information content (AvgIpc) is 3.15. The first-order chi connectivity index (χ1) is 13.4. The Hall–Kier alpha value is -2.21. The summed E-state index contributed by atoms with van der Waals surface area (Å²) in [6.07, 6.45) is 10.4. The van der Waals surface area contributed by atoms with Crippen LogP contribution in [-0.2, 0) is 0 Å². The van der Waals surface area contributed by atoms with Gasteiger partial charge in [-0.3, -0.25) is 0 Å². The number of urea groups is 1. The normalized spacial score (nSPS) is 16.4. The van der Waals surface area contributed by atoms with Crippen molar-refractivity contribution in [3.05, 3.63) is 55.0 Å². The number of allylic oxidation sites excluding steroid dienone is 2. The maximum Gasteiger partial charge on any atom is 0.321 e. The molecule has 1 aliphatic rings. The van der Waals surface area contributed by atoms with Gasteiger partial charge in [0.15, 0.2) is 0 Å². The van der Waals surface area contributed by atoms with E-state index >= 15 is 0 Å². The summed E-state index contributed by atoms with van der Waals surface area (Å²) in [4.78, 5) is 15.7. The summed E-state index contributed by atoms with van der Waals surface area (Å²) in [5.74, 6) is 0.563. The summed E-state index contributed by atoms with van der Waals surface area (Å²) in [6.45, 7) is 12.0. The van der Waals surface area contributed by atoms with Crippen molar-refractivity contribution in [1.82, 2.24) is 19.8 Å². The lowest BCUT2D eigenvalue weighted by Gasteiger charge is -2.40. The summed E-state index contributed by atoms with van der Waals surface area (Å²) >= 11 is 1.92. The number of hydrogen-bond acceptors (Lipinski definition) is 3. The van der Waals surface area contributed by atoms with E-state index in [9.17, 15) is 4.79 Å². The Balaban J connectivity index is 1.57. The SMILES string of the molecule is C=C/C(=C\CC)NC(=O)N1CCC(C(C)(C)Sc2ccn3nccc3c2)CC1. The summed E-state index contributed by atoms with van der Waals surface area (Å²) in [7, 11) is 0. The second-order valence-electron chi connectivity index (χ2n) is 7.73. The number of aromatic nitrogens is 2. The van der Waals surface area contributed by atoms with Gasteiger partial charge in [-0.25, -0.2) is 9.31 Å². The molecule has 28 heavy (non-hydrogen) atoms. The van der Waals surface area contributed by atoms with Crippen LogP contribution >= 0.6 is 11.8 Å². The van der Waals surface area contributed by atoms with Crippen LogP contribution in [0.15, 0.2) is 59.9 Å². The zero-order valence-corrected chi connectivity index (χ0v) is 17.8. The lowest BCUT2D eigenvalue weighted by atomic mass is 9.86. The minimum absolute atomic E-state index is 0.0188. The molecular formula is C22H30N4OS. The molecule has 3 heterocycles. The Kier molecular flexibility index (Phi) is 6.50. The van der Waals surface area contributed by atoms with Crippen LogP contribution in [0.3, 0.4) is 0 Å². The fourth-order valence-corrected chi connectivity index (χ4v) is 5.06. The highest BCUT2D eigenvalue weighted by Gasteiger charge is 2.34. The zero-order chi connectivity index (χ0) is 20.1. The van der Waals surface area contributed by atoms with Gasteiger partial charge in [-0.15, -0.1) is 11.8 Å². The molecule has 6 heteroatoms. The first kappa shape index (κ1) is 20.5. The van der Waals surface area contributed by atoms with E-state index in [-0.39, 0.29) is 10.8 Å². The van der Waals surface area contributed by atoms with Crippen molar-refractivity contribution in [2.24, 2.45) is 5.92 Å². The monoisotopic (exact) mass is 398 g/mol. The van der Waals surface area contributed by atoms with Gasteiger partial charge < -0.3 is 10.2 Å². The van der Waals surface area contributed by atoms with Crippen molar-refractivity contribution in [1.29, 1.82) is 0 Å². The first-order valence-corrected chi connectivity index (χ1v) is 10.8. The molecule has 0 bridgehead atoms. The maximum absolute atomic E-state index is 12.5. The predicted molar refractivity (Wildman–Crippen MR) is 117 cm³/mol. The molecule has 2 aromatic heterocycles. The molecule has 0 saturated carbocycles. The molecule has 1 saturated heterocycles. The zero-order valence-electron chi connectivity index (χ0n) is 17.0. The molecule has 0 radical (unpaired) electrons. The van der Waals surface area contributed by atoms with E-state index < -0.39 is 0 Å². The minimum atomic E-state index is -0.0188. The van der Waals surface area contributed by atoms with E-state index in [0.717, 1.165) is 43.6 Å². The van der Waals surface area contributed by atoms with E-state index in [1.165, 1.54) is 4.90 Å². The molecule has 3 rings (SSSR count). The molecule has 0 aliphatic carbocycles. The molecule has 1 N–H and O–H groups in total. The second kappa shape index (κ2) is 8.86. The van der Waals surface area contributed by atoms with E-state index in [1.54, 1.807) is 6.08 Å². The molecular weight excluding hydrogens is 368 g/mol. The van der Waals surface area contributed by atoms with Crippen LogP contribution in [0.4, 0.5) is 4.79 Å². The van der Waals surface area contributed by atoms with E-state index in [4.69, 9.17) is 0 Å². The molecule has 1 fully saturated rings. The fraction of sp³-hybridized carbons (Fsp3) is 0.455. The number of carbonyl (C=O) groups is 1. The van der Waals surface area contributed by atoms with Crippen molar-refractivity contribution in [3.8, 4) is 0 Å². The smallest absolute Gasteiger partial charge is 0.321 e. The van der Waals surface area contributed by atoms with Crippen LogP contribution in [0.2, 0.25) is 0 Å². The quantitative estimate of drug-likeness (QED) is 0.544. The fourth-order valence-electron chi connectivity index (χ4n) is 3.74. The second-order valence-corrected chi connectivity index (χ2v) is 9.46. The highest BCUT2D eigenvalue weighted by Crippen LogP contribution is 2.42. The number of rotatable bonds is 6. The van der Waals surface area contributed by atoms with Crippen LogP contribution in [0.25, 0.3) is 5.52 Å². The van der Waals surface area contributed by atoms with Crippen LogP contribution in [-0.4, -0.2) is 38.4 Å². The molecule has 2 aromatic rings. The van der Waals surface area contributed by atoms with E-state index in [1.807, 2.05) is 52.6 Å². The Morgan fingerprint density at radius 1 is 1.39 bits per heavy atom. The largest absolute Gasteiger partial charge is 0.325 e. The standard InChI is InChI=1S/C22H30N4OS/c1-5-7-18(6-2)24-21(27)25-13-9-17(10-14-25)22(3,4)28-20-11-15-26-19(16-20)8-12-23-26/h6-8,11-12,15-17H,2,5,9-10,13-14H2,1,3-4H3,(H,24,27)/b18-7+. The molecule has 150 valence electrons. The molecule has 5 nitrogen and oxygen atoms in total. The lowest BCUT2D eigenvalue weighted by molar-refractivity contribution is 0.164. The molecule has 0 aromatic carbocycles. The van der Waals surface area contributed by atoms with Gasteiger partial charge >= 0.3 is 6.03 Å². The van der Waals surface area contributed by atoms with Gasteiger partial charge in [0.25, 0.3) is 0 Å². The summed E-state index contributed by atoms with van der Waals surface area (Å²) < 4.78 is 1.99. The lowest BCUT2D eigenvalue weighted by Crippen LogP contribution is -2.46. The van der Waals surface area contributed by atoms with Gasteiger partial charge in [0.05, 0.1) is 5.52 Å². The Labute approximate surface area is 171 Å². The molecule has 2 amide bonds. The van der Waals surface area contributed by atoms with Crippen LogP contribution < -0.4 is 5.32 Å². The highest BCUT2D eigenvalue weighted by atomic mass is 32.2. The molecule has 0 spiro atoms. The Morgan fingerprint density at radius 3 is 2.82 bits per heavy atom. The minimum Gasteiger partial charge on any atom is -0.325 e. The number of hydrogen-bond donors (Lipinski definition) is 1. The third-order valence-electron chi connectivity index (χ3n) is 5.41. The third kappa shape index (κ3) is 4.79. The van der Waals surface area contributed by atoms with Crippen molar-refractivity contribution in [2.45, 2.75) is 49.7 Å². The topological polar surface area (TPSA) is 49.6 Å². The summed E-state index contributed by atoms with van der Waals surface area (Å²) in [6, 6.07) is 6.33. The van der Waals surface area contributed by atoms with Crippen LogP contribution in [0, 0.1) is 5.92 Å². The van der Waals surface area contributed by atoms with Crippen LogP contribution in [0.1, 0.15) is 40.0 Å². The van der Waals surface area contributed by atoms with Crippen LogP contribution in [0.5, 0.6) is 0 Å². The summed E-state index contributed by atoms with van der Waals surface area (Å²) in [5, 5.41) is 7.22. The average molecular weight is 399 g/mol. The molecule has 0 atom stereocenters. The third-order valence-corrected chi connectivity index (χ3v) is 6.76. The molecule has 1 aliphatic heterocycles. The van der Waals surface area contributed by atoms with E-state index in [2.05, 4.69) is 43.0 Å². The van der Waals surface area contributed by atoms with Gasteiger partial charge in [0.2, 0.25) is 0 Å². The number of piperidine rings is 1.